The first-order valence-electron chi connectivity index (χ1n) is 6.10. The van der Waals surface area contributed by atoms with Crippen molar-refractivity contribution in [2.45, 2.75) is 33.2 Å². The Balaban J connectivity index is 1.94. The molecule has 3 N–H and O–H groups in total. The molecule has 1 aromatic rings. The van der Waals surface area contributed by atoms with E-state index in [1.54, 1.807) is 6.07 Å². The van der Waals surface area contributed by atoms with Gasteiger partial charge in [0.15, 0.2) is 0 Å². The van der Waals surface area contributed by atoms with Gasteiger partial charge in [0.05, 0.1) is 0 Å². The maximum atomic E-state index is 11.0. The van der Waals surface area contributed by atoms with Gasteiger partial charge in [-0.25, -0.2) is 0 Å². The van der Waals surface area contributed by atoms with Crippen molar-refractivity contribution >= 4 is 5.91 Å². The number of hydrogen-bond acceptors (Lipinski definition) is 2. The lowest BCUT2D eigenvalue weighted by atomic mass is 10.0. The van der Waals surface area contributed by atoms with Gasteiger partial charge in [0.2, 0.25) is 5.91 Å². The van der Waals surface area contributed by atoms with Crippen molar-refractivity contribution in [2.75, 3.05) is 6.54 Å². The summed E-state index contributed by atoms with van der Waals surface area (Å²) in [6, 6.07) is 5.64. The minimum absolute atomic E-state index is 0.363. The Morgan fingerprint density at radius 3 is 2.71 bits per heavy atom. The van der Waals surface area contributed by atoms with E-state index in [0.29, 0.717) is 11.0 Å². The number of hydrogen-bond donors (Lipinski definition) is 2. The molecule has 3 nitrogen and oxygen atoms in total. The maximum absolute atomic E-state index is 11.0. The van der Waals surface area contributed by atoms with Crippen LogP contribution in [0.5, 0.6) is 0 Å². The molecule has 0 aromatic heterocycles. The fraction of sp³-hybridized carbons (Fsp3) is 0.500. The molecule has 0 heterocycles. The third-order valence-corrected chi connectivity index (χ3v) is 3.60. The molecule has 17 heavy (non-hydrogen) atoms. The van der Waals surface area contributed by atoms with Crippen molar-refractivity contribution in [1.29, 1.82) is 0 Å². The van der Waals surface area contributed by atoms with E-state index >= 15 is 0 Å². The van der Waals surface area contributed by atoms with Gasteiger partial charge in [0, 0.05) is 18.7 Å². The molecule has 0 aliphatic heterocycles. The third-order valence-electron chi connectivity index (χ3n) is 3.60. The van der Waals surface area contributed by atoms with Crippen molar-refractivity contribution in [2.24, 2.45) is 11.1 Å². The molecule has 0 spiro atoms. The molecule has 1 amide bonds. The van der Waals surface area contributed by atoms with Crippen LogP contribution >= 0.6 is 0 Å². The number of carbonyl (C=O) groups is 1. The Morgan fingerprint density at radius 1 is 1.47 bits per heavy atom. The molecule has 3 heteroatoms. The highest BCUT2D eigenvalue weighted by atomic mass is 16.1. The number of benzene rings is 1. The number of nitrogens with two attached hydrogens (primary N) is 1. The number of carbonyl (C=O) groups excluding carboxylic acids is 1. The molecule has 0 radical (unpaired) electrons. The first-order chi connectivity index (χ1) is 8.00. The molecule has 92 valence electrons. The first kappa shape index (κ1) is 12.1. The predicted octanol–water partition coefficient (Wildman–Crippen LogP) is 1.98. The number of nitrogens with one attached hydrogen (secondary N) is 1. The zero-order valence-corrected chi connectivity index (χ0v) is 10.5. The Bertz CT molecular complexity index is 436. The van der Waals surface area contributed by atoms with Gasteiger partial charge < -0.3 is 11.1 Å². The summed E-state index contributed by atoms with van der Waals surface area (Å²) in [4.78, 5) is 11.0. The second kappa shape index (κ2) is 4.49. The van der Waals surface area contributed by atoms with E-state index in [1.807, 2.05) is 19.1 Å². The van der Waals surface area contributed by atoms with Gasteiger partial charge in [-0.2, -0.15) is 0 Å². The van der Waals surface area contributed by atoms with E-state index in [1.165, 1.54) is 18.4 Å². The van der Waals surface area contributed by atoms with Gasteiger partial charge in [-0.15, -0.1) is 0 Å². The van der Waals surface area contributed by atoms with Gasteiger partial charge in [-0.1, -0.05) is 13.0 Å². The van der Waals surface area contributed by atoms with Gasteiger partial charge in [-0.3, -0.25) is 4.79 Å². The minimum atomic E-state index is -0.363. The third kappa shape index (κ3) is 3.07. The number of rotatable bonds is 5. The summed E-state index contributed by atoms with van der Waals surface area (Å²) < 4.78 is 0. The summed E-state index contributed by atoms with van der Waals surface area (Å²) in [5.41, 5.74) is 8.71. The Labute approximate surface area is 102 Å². The lowest BCUT2D eigenvalue weighted by molar-refractivity contribution is 0.1000. The lowest BCUT2D eigenvalue weighted by Crippen LogP contribution is -2.22. The van der Waals surface area contributed by atoms with Gasteiger partial charge >= 0.3 is 0 Å². The maximum Gasteiger partial charge on any atom is 0.248 e. The average Bonchev–Trinajstić information content (AvgIpc) is 2.99. The number of aryl methyl sites for hydroxylation is 1. The van der Waals surface area contributed by atoms with Crippen LogP contribution in [-0.4, -0.2) is 12.5 Å². The normalized spacial score (nSPS) is 16.8. The smallest absolute Gasteiger partial charge is 0.248 e. The van der Waals surface area contributed by atoms with Crippen LogP contribution in [0.4, 0.5) is 0 Å². The molecular formula is C14H20N2O. The van der Waals surface area contributed by atoms with Crippen molar-refractivity contribution in [3.8, 4) is 0 Å². The molecule has 1 fully saturated rings. The summed E-state index contributed by atoms with van der Waals surface area (Å²) in [7, 11) is 0. The van der Waals surface area contributed by atoms with Crippen LogP contribution < -0.4 is 11.1 Å². The molecule has 0 bridgehead atoms. The fourth-order valence-corrected chi connectivity index (χ4v) is 1.94. The molecule has 1 aliphatic carbocycles. The van der Waals surface area contributed by atoms with Gasteiger partial charge in [-0.05, 0) is 48.4 Å². The zero-order valence-electron chi connectivity index (χ0n) is 10.5. The Kier molecular flexibility index (Phi) is 3.20. The van der Waals surface area contributed by atoms with Crippen LogP contribution in [0.1, 0.15) is 41.3 Å². The average molecular weight is 232 g/mol. The molecule has 0 atom stereocenters. The van der Waals surface area contributed by atoms with Crippen LogP contribution in [-0.2, 0) is 6.54 Å². The molecule has 0 saturated heterocycles. The predicted molar refractivity (Wildman–Crippen MR) is 68.7 cm³/mol. The van der Waals surface area contributed by atoms with Crippen LogP contribution in [0.2, 0.25) is 0 Å². The summed E-state index contributed by atoms with van der Waals surface area (Å²) in [5.74, 6) is -0.363. The molecule has 1 aliphatic rings. The van der Waals surface area contributed by atoms with Gasteiger partial charge in [0.1, 0.15) is 0 Å². The molecule has 2 rings (SSSR count). The highest BCUT2D eigenvalue weighted by Gasteiger charge is 2.36. The molecule has 1 aromatic carbocycles. The van der Waals surface area contributed by atoms with E-state index < -0.39 is 0 Å². The van der Waals surface area contributed by atoms with E-state index in [0.717, 1.165) is 18.7 Å². The highest BCUT2D eigenvalue weighted by Crippen LogP contribution is 2.44. The van der Waals surface area contributed by atoms with E-state index in [9.17, 15) is 4.79 Å². The van der Waals surface area contributed by atoms with E-state index in [-0.39, 0.29) is 5.91 Å². The van der Waals surface area contributed by atoms with Crippen LogP contribution in [0, 0.1) is 12.3 Å². The van der Waals surface area contributed by atoms with Crippen LogP contribution in [0.25, 0.3) is 0 Å². The molecule has 1 saturated carbocycles. The van der Waals surface area contributed by atoms with Crippen molar-refractivity contribution < 1.29 is 4.79 Å². The molecule has 0 unspecified atom stereocenters. The first-order valence-corrected chi connectivity index (χ1v) is 6.10. The summed E-state index contributed by atoms with van der Waals surface area (Å²) in [6.45, 7) is 6.26. The number of amides is 1. The minimum Gasteiger partial charge on any atom is -0.366 e. The largest absolute Gasteiger partial charge is 0.366 e. The second-order valence-electron chi connectivity index (χ2n) is 5.42. The summed E-state index contributed by atoms with van der Waals surface area (Å²) >= 11 is 0. The SMILES string of the molecule is Cc1cc(C(N)=O)ccc1CNCC1(C)CC1. The Morgan fingerprint density at radius 2 is 2.18 bits per heavy atom. The topological polar surface area (TPSA) is 55.1 Å². The highest BCUT2D eigenvalue weighted by molar-refractivity contribution is 5.93. The fourth-order valence-electron chi connectivity index (χ4n) is 1.94. The zero-order chi connectivity index (χ0) is 12.5. The van der Waals surface area contributed by atoms with Crippen LogP contribution in [0.3, 0.4) is 0 Å². The van der Waals surface area contributed by atoms with Crippen molar-refractivity contribution in [3.63, 3.8) is 0 Å². The van der Waals surface area contributed by atoms with Crippen molar-refractivity contribution in [1.82, 2.24) is 5.32 Å². The van der Waals surface area contributed by atoms with E-state index in [2.05, 4.69) is 12.2 Å². The van der Waals surface area contributed by atoms with Crippen LogP contribution in [0.15, 0.2) is 18.2 Å². The Hall–Kier alpha value is -1.35. The lowest BCUT2D eigenvalue weighted by Gasteiger charge is -2.12. The number of primary amides is 1. The standard InChI is InChI=1S/C14H20N2O/c1-10-7-11(13(15)17)3-4-12(10)8-16-9-14(2)5-6-14/h3-4,7,16H,5-6,8-9H2,1-2H3,(H2,15,17). The van der Waals surface area contributed by atoms with Gasteiger partial charge in [0.25, 0.3) is 0 Å². The molecular weight excluding hydrogens is 212 g/mol. The quantitative estimate of drug-likeness (QED) is 0.815. The van der Waals surface area contributed by atoms with Crippen molar-refractivity contribution in [3.05, 3.63) is 34.9 Å². The van der Waals surface area contributed by atoms with E-state index in [4.69, 9.17) is 5.73 Å². The monoisotopic (exact) mass is 232 g/mol. The summed E-state index contributed by atoms with van der Waals surface area (Å²) in [6.07, 6.45) is 2.67. The summed E-state index contributed by atoms with van der Waals surface area (Å²) in [5, 5.41) is 3.48. The second-order valence-corrected chi connectivity index (χ2v) is 5.42.